The minimum absolute atomic E-state index is 0.115. The van der Waals surface area contributed by atoms with Crippen molar-refractivity contribution in [1.29, 1.82) is 0 Å². The lowest BCUT2D eigenvalue weighted by atomic mass is 10.0. The van der Waals surface area contributed by atoms with Crippen LogP contribution in [0.4, 0.5) is 13.2 Å². The molecule has 0 amide bonds. The highest BCUT2D eigenvalue weighted by atomic mass is 19.4. The number of halogens is 3. The Hall–Kier alpha value is -1.52. The highest BCUT2D eigenvalue weighted by Crippen LogP contribution is 2.52. The fourth-order valence-corrected chi connectivity index (χ4v) is 3.95. The van der Waals surface area contributed by atoms with Crippen molar-refractivity contribution >= 4 is 11.0 Å². The van der Waals surface area contributed by atoms with E-state index in [1.165, 1.54) is 10.1 Å². The Morgan fingerprint density at radius 2 is 2.05 bits per heavy atom. The number of rotatable bonds is 2. The summed E-state index contributed by atoms with van der Waals surface area (Å²) in [6.07, 6.45) is -2.53. The smallest absolute Gasteiger partial charge is 0.316 e. The number of aromatic nitrogens is 2. The number of imidazole rings is 1. The molecule has 0 spiro atoms. The van der Waals surface area contributed by atoms with E-state index in [2.05, 4.69) is 18.8 Å². The summed E-state index contributed by atoms with van der Waals surface area (Å²) in [6, 6.07) is 4.46. The Kier molecular flexibility index (Phi) is 2.88. The van der Waals surface area contributed by atoms with Crippen LogP contribution >= 0.6 is 0 Å². The Bertz CT molecular complexity index is 729. The van der Waals surface area contributed by atoms with Crippen molar-refractivity contribution in [2.45, 2.75) is 51.2 Å². The molecule has 2 aliphatic rings. The van der Waals surface area contributed by atoms with E-state index in [9.17, 15) is 13.2 Å². The van der Waals surface area contributed by atoms with Crippen molar-refractivity contribution in [3.05, 3.63) is 29.6 Å². The largest absolute Gasteiger partial charge is 0.409 e. The zero-order valence-corrected chi connectivity index (χ0v) is 12.7. The van der Waals surface area contributed by atoms with Gasteiger partial charge < -0.3 is 4.57 Å². The molecular weight excluding hydrogens is 289 g/mol. The van der Waals surface area contributed by atoms with E-state index in [0.717, 1.165) is 6.42 Å². The van der Waals surface area contributed by atoms with Crippen molar-refractivity contribution in [2.75, 3.05) is 0 Å². The van der Waals surface area contributed by atoms with Gasteiger partial charge in [-0.2, -0.15) is 13.2 Å². The summed E-state index contributed by atoms with van der Waals surface area (Å²) < 4.78 is 41.1. The van der Waals surface area contributed by atoms with E-state index in [-0.39, 0.29) is 6.42 Å². The van der Waals surface area contributed by atoms with Gasteiger partial charge in [0.25, 0.3) is 0 Å². The molecular formula is C17H19F3N2. The molecule has 2 heterocycles. The third-order valence-corrected chi connectivity index (χ3v) is 5.24. The maximum atomic E-state index is 13.2. The van der Waals surface area contributed by atoms with Gasteiger partial charge in [0.15, 0.2) is 0 Å². The highest BCUT2D eigenvalue weighted by Gasteiger charge is 2.46. The van der Waals surface area contributed by atoms with Gasteiger partial charge in [-0.1, -0.05) is 19.9 Å². The van der Waals surface area contributed by atoms with Crippen LogP contribution < -0.4 is 0 Å². The molecule has 1 aliphatic heterocycles. The van der Waals surface area contributed by atoms with Gasteiger partial charge in [0, 0.05) is 6.42 Å². The van der Waals surface area contributed by atoms with Crippen LogP contribution in [0.25, 0.3) is 11.0 Å². The van der Waals surface area contributed by atoms with Crippen LogP contribution in [0.15, 0.2) is 18.2 Å². The predicted molar refractivity (Wildman–Crippen MR) is 78.8 cm³/mol. The van der Waals surface area contributed by atoms with Crippen LogP contribution in [-0.2, 0) is 6.42 Å². The van der Waals surface area contributed by atoms with E-state index in [1.807, 2.05) is 18.2 Å². The maximum Gasteiger partial charge on any atom is 0.409 e. The van der Waals surface area contributed by atoms with Gasteiger partial charge in [-0.25, -0.2) is 4.98 Å². The summed E-state index contributed by atoms with van der Waals surface area (Å²) in [7, 11) is 0. The fraction of sp³-hybridized carbons (Fsp3) is 0.588. The molecule has 2 nitrogen and oxygen atoms in total. The van der Waals surface area contributed by atoms with Crippen molar-refractivity contribution in [3.63, 3.8) is 0 Å². The van der Waals surface area contributed by atoms with Gasteiger partial charge in [-0.3, -0.25) is 0 Å². The summed E-state index contributed by atoms with van der Waals surface area (Å²) in [5.74, 6) is 2.36. The average Bonchev–Trinajstić information content (AvgIpc) is 2.99. The van der Waals surface area contributed by atoms with Crippen LogP contribution in [0.1, 0.15) is 50.0 Å². The van der Waals surface area contributed by atoms with Gasteiger partial charge in [0.1, 0.15) is 11.9 Å². The highest BCUT2D eigenvalue weighted by molar-refractivity contribution is 5.78. The maximum absolute atomic E-state index is 13.2. The number of alkyl halides is 3. The third-order valence-electron chi connectivity index (χ3n) is 5.24. The second kappa shape index (κ2) is 4.49. The molecule has 118 valence electrons. The lowest BCUT2D eigenvalue weighted by Crippen LogP contribution is -2.23. The molecule has 0 N–H and O–H groups in total. The first kappa shape index (κ1) is 14.1. The summed E-state index contributed by atoms with van der Waals surface area (Å²) in [4.78, 5) is 4.39. The Morgan fingerprint density at radius 3 is 2.68 bits per heavy atom. The third kappa shape index (κ3) is 2.05. The number of fused-ring (bicyclic) bond motifs is 3. The molecule has 1 aliphatic carbocycles. The number of nitrogens with zero attached hydrogens (tertiary/aromatic N) is 2. The number of hydrogen-bond donors (Lipinski definition) is 0. The van der Waals surface area contributed by atoms with E-state index >= 15 is 0 Å². The van der Waals surface area contributed by atoms with Gasteiger partial charge in [-0.15, -0.1) is 0 Å². The molecule has 1 fully saturated rings. The SMILES string of the molecule is CC(C)[C@H]1C[C@@H]1c1ccc2nc3n(c2c1)C(C(F)(F)F)CC3. The van der Waals surface area contributed by atoms with E-state index in [0.29, 0.717) is 41.0 Å². The zero-order chi connectivity index (χ0) is 15.6. The summed E-state index contributed by atoms with van der Waals surface area (Å²) in [5, 5.41) is 0. The normalized spacial score (nSPS) is 27.6. The van der Waals surface area contributed by atoms with E-state index < -0.39 is 12.2 Å². The Balaban J connectivity index is 1.77. The summed E-state index contributed by atoms with van der Waals surface area (Å²) >= 11 is 0. The molecule has 2 aromatic rings. The number of benzene rings is 1. The monoisotopic (exact) mass is 308 g/mol. The topological polar surface area (TPSA) is 17.8 Å². The van der Waals surface area contributed by atoms with Crippen molar-refractivity contribution in [3.8, 4) is 0 Å². The minimum Gasteiger partial charge on any atom is -0.316 e. The molecule has 0 saturated heterocycles. The van der Waals surface area contributed by atoms with Crippen LogP contribution in [-0.4, -0.2) is 15.7 Å². The molecule has 22 heavy (non-hydrogen) atoms. The van der Waals surface area contributed by atoms with Crippen LogP contribution in [0.2, 0.25) is 0 Å². The minimum atomic E-state index is -4.20. The van der Waals surface area contributed by atoms with Gasteiger partial charge in [0.2, 0.25) is 0 Å². The molecule has 5 heteroatoms. The van der Waals surface area contributed by atoms with Crippen LogP contribution in [0.3, 0.4) is 0 Å². The second-order valence-electron chi connectivity index (χ2n) is 6.99. The molecule has 1 saturated carbocycles. The summed E-state index contributed by atoms with van der Waals surface area (Å²) in [5.41, 5.74) is 2.51. The lowest BCUT2D eigenvalue weighted by molar-refractivity contribution is -0.164. The van der Waals surface area contributed by atoms with E-state index in [4.69, 9.17) is 0 Å². The van der Waals surface area contributed by atoms with Crippen molar-refractivity contribution in [1.82, 2.24) is 9.55 Å². The molecule has 0 radical (unpaired) electrons. The first-order chi connectivity index (χ1) is 10.4. The Morgan fingerprint density at radius 1 is 1.27 bits per heavy atom. The second-order valence-corrected chi connectivity index (χ2v) is 6.99. The average molecular weight is 308 g/mol. The van der Waals surface area contributed by atoms with Crippen molar-refractivity contribution in [2.24, 2.45) is 11.8 Å². The molecule has 0 bridgehead atoms. The first-order valence-corrected chi connectivity index (χ1v) is 7.93. The predicted octanol–water partition coefficient (Wildman–Crippen LogP) is 4.85. The Labute approximate surface area is 127 Å². The number of hydrogen-bond acceptors (Lipinski definition) is 1. The van der Waals surface area contributed by atoms with Crippen molar-refractivity contribution < 1.29 is 13.2 Å². The molecule has 1 aromatic heterocycles. The molecule has 1 unspecified atom stereocenters. The zero-order valence-electron chi connectivity index (χ0n) is 12.7. The van der Waals surface area contributed by atoms with Crippen LogP contribution in [0.5, 0.6) is 0 Å². The van der Waals surface area contributed by atoms with Crippen LogP contribution in [0, 0.1) is 11.8 Å². The lowest BCUT2D eigenvalue weighted by Gasteiger charge is -2.18. The quantitative estimate of drug-likeness (QED) is 0.776. The van der Waals surface area contributed by atoms with Gasteiger partial charge in [0.05, 0.1) is 11.0 Å². The molecule has 3 atom stereocenters. The number of aryl methyl sites for hydroxylation is 1. The fourth-order valence-electron chi connectivity index (χ4n) is 3.95. The summed E-state index contributed by atoms with van der Waals surface area (Å²) in [6.45, 7) is 4.42. The van der Waals surface area contributed by atoms with E-state index in [1.54, 1.807) is 0 Å². The van der Waals surface area contributed by atoms with Gasteiger partial charge in [-0.05, 0) is 48.3 Å². The molecule has 1 aromatic carbocycles. The first-order valence-electron chi connectivity index (χ1n) is 7.93. The van der Waals surface area contributed by atoms with Gasteiger partial charge >= 0.3 is 6.18 Å². The molecule has 4 rings (SSSR count). The standard InChI is InChI=1S/C17H19F3N2/c1-9(2)11-8-12(11)10-3-4-13-14(7-10)22-15(17(18,19)20)5-6-16(22)21-13/h3-4,7,9,11-12,15H,5-6,8H2,1-2H3/t11-,12-,15?/m1/s1.